The molecule has 0 saturated heterocycles. The van der Waals surface area contributed by atoms with Crippen LogP contribution in [0.5, 0.6) is 11.5 Å². The fraction of sp³-hybridized carbons (Fsp3) is 0.211. The lowest BCUT2D eigenvalue weighted by Gasteiger charge is -2.06. The fourth-order valence-electron chi connectivity index (χ4n) is 2.14. The van der Waals surface area contributed by atoms with Crippen LogP contribution < -0.4 is 14.9 Å². The highest BCUT2D eigenvalue weighted by Gasteiger charge is 2.17. The molecule has 0 bridgehead atoms. The average Bonchev–Trinajstić information content (AvgIpc) is 3.38. The van der Waals surface area contributed by atoms with Crippen molar-refractivity contribution in [2.24, 2.45) is 0 Å². The third kappa shape index (κ3) is 3.55. The van der Waals surface area contributed by atoms with Crippen molar-refractivity contribution in [2.45, 2.75) is 26.4 Å². The van der Waals surface area contributed by atoms with Gasteiger partial charge in [-0.1, -0.05) is 42.5 Å². The molecule has 3 nitrogen and oxygen atoms in total. The SMILES string of the molecule is CC(Oc1ccccc(OCc2ccccc2)c1=O)=C1CC1. The Hall–Kier alpha value is -2.55. The van der Waals surface area contributed by atoms with E-state index in [2.05, 4.69) is 0 Å². The van der Waals surface area contributed by atoms with Gasteiger partial charge in [0.15, 0.2) is 11.5 Å². The molecular formula is C19H18O3. The van der Waals surface area contributed by atoms with E-state index in [9.17, 15) is 4.79 Å². The maximum Gasteiger partial charge on any atom is 0.262 e. The van der Waals surface area contributed by atoms with Crippen molar-refractivity contribution in [1.82, 2.24) is 0 Å². The Labute approximate surface area is 129 Å². The molecule has 0 aromatic heterocycles. The molecule has 112 valence electrons. The lowest BCUT2D eigenvalue weighted by atomic mass is 10.2. The van der Waals surface area contributed by atoms with Gasteiger partial charge >= 0.3 is 0 Å². The first-order valence-electron chi connectivity index (χ1n) is 7.40. The molecule has 3 rings (SSSR count). The molecule has 0 heterocycles. The molecule has 1 aliphatic carbocycles. The zero-order valence-electron chi connectivity index (χ0n) is 12.5. The van der Waals surface area contributed by atoms with Crippen LogP contribution in [-0.4, -0.2) is 0 Å². The van der Waals surface area contributed by atoms with E-state index >= 15 is 0 Å². The van der Waals surface area contributed by atoms with E-state index in [4.69, 9.17) is 9.47 Å². The highest BCUT2D eigenvalue weighted by atomic mass is 16.5. The lowest BCUT2D eigenvalue weighted by molar-refractivity contribution is 0.301. The first-order chi connectivity index (χ1) is 10.7. The maximum atomic E-state index is 12.5. The minimum absolute atomic E-state index is 0.221. The van der Waals surface area contributed by atoms with Gasteiger partial charge in [-0.05, 0) is 43.0 Å². The van der Waals surface area contributed by atoms with Crippen molar-refractivity contribution in [1.29, 1.82) is 0 Å². The van der Waals surface area contributed by atoms with Gasteiger partial charge in [0.2, 0.25) is 0 Å². The highest BCUT2D eigenvalue weighted by Crippen LogP contribution is 2.32. The van der Waals surface area contributed by atoms with E-state index in [1.807, 2.05) is 37.3 Å². The lowest BCUT2D eigenvalue weighted by Crippen LogP contribution is -2.09. The second kappa shape index (κ2) is 6.48. The Bertz CT molecular complexity index is 742. The van der Waals surface area contributed by atoms with E-state index in [1.165, 1.54) is 5.57 Å². The Morgan fingerprint density at radius 3 is 2.27 bits per heavy atom. The minimum Gasteiger partial charge on any atom is -0.485 e. The van der Waals surface area contributed by atoms with Gasteiger partial charge in [0.25, 0.3) is 5.43 Å². The van der Waals surface area contributed by atoms with E-state index in [1.54, 1.807) is 24.3 Å². The molecule has 0 N–H and O–H groups in total. The minimum atomic E-state index is -0.221. The summed E-state index contributed by atoms with van der Waals surface area (Å²) in [4.78, 5) is 12.5. The van der Waals surface area contributed by atoms with Gasteiger partial charge in [-0.25, -0.2) is 0 Å². The van der Waals surface area contributed by atoms with Crippen molar-refractivity contribution in [3.8, 4) is 11.5 Å². The summed E-state index contributed by atoms with van der Waals surface area (Å²) in [5, 5.41) is 0. The topological polar surface area (TPSA) is 35.5 Å². The fourth-order valence-corrected chi connectivity index (χ4v) is 2.14. The van der Waals surface area contributed by atoms with Crippen LogP contribution in [0.3, 0.4) is 0 Å². The molecule has 0 atom stereocenters. The van der Waals surface area contributed by atoms with Crippen molar-refractivity contribution < 1.29 is 9.47 Å². The number of hydrogen-bond acceptors (Lipinski definition) is 3. The molecule has 1 aliphatic rings. The Kier molecular flexibility index (Phi) is 4.24. The molecule has 0 unspecified atom stereocenters. The summed E-state index contributed by atoms with van der Waals surface area (Å²) in [6.07, 6.45) is 2.13. The van der Waals surface area contributed by atoms with Crippen LogP contribution >= 0.6 is 0 Å². The zero-order valence-corrected chi connectivity index (χ0v) is 12.5. The van der Waals surface area contributed by atoms with E-state index in [0.29, 0.717) is 18.1 Å². The van der Waals surface area contributed by atoms with Crippen molar-refractivity contribution in [2.75, 3.05) is 0 Å². The van der Waals surface area contributed by atoms with Gasteiger partial charge in [-0.2, -0.15) is 0 Å². The standard InChI is InChI=1S/C19H18O3/c1-14(16-11-12-16)22-18-10-6-5-9-17(19(18)20)21-13-15-7-3-2-4-8-15/h2-10H,11-13H2,1H3. The number of rotatable bonds is 5. The molecule has 1 saturated carbocycles. The van der Waals surface area contributed by atoms with Gasteiger partial charge in [0.1, 0.15) is 12.4 Å². The number of benzene rings is 1. The maximum absolute atomic E-state index is 12.5. The molecule has 22 heavy (non-hydrogen) atoms. The highest BCUT2D eigenvalue weighted by molar-refractivity contribution is 5.34. The summed E-state index contributed by atoms with van der Waals surface area (Å²) in [5.41, 5.74) is 2.08. The molecule has 0 radical (unpaired) electrons. The summed E-state index contributed by atoms with van der Waals surface area (Å²) in [6, 6.07) is 16.7. The van der Waals surface area contributed by atoms with Crippen molar-refractivity contribution >= 4 is 0 Å². The van der Waals surface area contributed by atoms with Crippen LogP contribution in [0, 0.1) is 0 Å². The molecule has 3 heteroatoms. The second-order valence-corrected chi connectivity index (χ2v) is 5.31. The van der Waals surface area contributed by atoms with Crippen molar-refractivity contribution in [3.63, 3.8) is 0 Å². The van der Waals surface area contributed by atoms with Crippen LogP contribution in [0.2, 0.25) is 0 Å². The Balaban J connectivity index is 1.81. The summed E-state index contributed by atoms with van der Waals surface area (Å²) >= 11 is 0. The third-order valence-corrected chi connectivity index (χ3v) is 3.55. The van der Waals surface area contributed by atoms with Crippen LogP contribution in [0.25, 0.3) is 0 Å². The molecule has 2 aromatic rings. The predicted molar refractivity (Wildman–Crippen MR) is 86.0 cm³/mol. The van der Waals surface area contributed by atoms with Crippen LogP contribution in [0.4, 0.5) is 0 Å². The normalized spacial score (nSPS) is 12.7. The zero-order chi connectivity index (χ0) is 15.4. The smallest absolute Gasteiger partial charge is 0.262 e. The monoisotopic (exact) mass is 294 g/mol. The van der Waals surface area contributed by atoms with Gasteiger partial charge in [0, 0.05) is 0 Å². The molecule has 2 aromatic carbocycles. The number of ether oxygens (including phenoxy) is 2. The number of allylic oxidation sites excluding steroid dienone is 2. The Morgan fingerprint density at radius 2 is 1.59 bits per heavy atom. The van der Waals surface area contributed by atoms with E-state index < -0.39 is 0 Å². The van der Waals surface area contributed by atoms with Crippen LogP contribution in [0.1, 0.15) is 25.3 Å². The number of hydrogen-bond donors (Lipinski definition) is 0. The van der Waals surface area contributed by atoms with E-state index in [0.717, 1.165) is 24.2 Å². The van der Waals surface area contributed by atoms with Gasteiger partial charge < -0.3 is 9.47 Å². The Morgan fingerprint density at radius 1 is 0.955 bits per heavy atom. The first kappa shape index (κ1) is 14.4. The summed E-state index contributed by atoms with van der Waals surface area (Å²) in [6.45, 7) is 2.26. The van der Waals surface area contributed by atoms with Crippen LogP contribution in [-0.2, 0) is 6.61 Å². The summed E-state index contributed by atoms with van der Waals surface area (Å²) < 4.78 is 11.4. The van der Waals surface area contributed by atoms with Gasteiger partial charge in [-0.3, -0.25) is 4.79 Å². The average molecular weight is 294 g/mol. The molecular weight excluding hydrogens is 276 g/mol. The molecule has 0 aliphatic heterocycles. The first-order valence-corrected chi connectivity index (χ1v) is 7.40. The van der Waals surface area contributed by atoms with Gasteiger partial charge in [0.05, 0.1) is 0 Å². The second-order valence-electron chi connectivity index (χ2n) is 5.31. The summed E-state index contributed by atoms with van der Waals surface area (Å²) in [7, 11) is 0. The van der Waals surface area contributed by atoms with Gasteiger partial charge in [-0.15, -0.1) is 0 Å². The third-order valence-electron chi connectivity index (χ3n) is 3.55. The quantitative estimate of drug-likeness (QED) is 0.780. The predicted octanol–water partition coefficient (Wildman–Crippen LogP) is 4.07. The largest absolute Gasteiger partial charge is 0.485 e. The molecule has 0 amide bonds. The molecule has 1 fully saturated rings. The van der Waals surface area contributed by atoms with Crippen molar-refractivity contribution in [3.05, 3.63) is 81.7 Å². The molecule has 0 spiro atoms. The van der Waals surface area contributed by atoms with E-state index in [-0.39, 0.29) is 5.43 Å². The van der Waals surface area contributed by atoms with Crippen LogP contribution in [0.15, 0.2) is 70.7 Å². The summed E-state index contributed by atoms with van der Waals surface area (Å²) in [5.74, 6) is 1.44.